The molecule has 0 heterocycles. The van der Waals surface area contributed by atoms with Gasteiger partial charge in [0.25, 0.3) is 0 Å². The molecule has 2 aliphatic rings. The monoisotopic (exact) mass is 238 g/mol. The first-order valence-corrected chi connectivity index (χ1v) is 7.64. The Balaban J connectivity index is 1.84. The Kier molecular flexibility index (Phi) is 4.87. The van der Waals surface area contributed by atoms with Gasteiger partial charge in [0.2, 0.25) is 0 Å². The fraction of sp³-hybridized carbons (Fsp3) is 1.00. The second-order valence-electron chi connectivity index (χ2n) is 6.39. The van der Waals surface area contributed by atoms with E-state index >= 15 is 0 Å². The average Bonchev–Trinajstić information content (AvgIpc) is 2.32. The van der Waals surface area contributed by atoms with Gasteiger partial charge in [-0.25, -0.2) is 0 Å². The van der Waals surface area contributed by atoms with E-state index in [1.54, 1.807) is 0 Å². The lowest BCUT2D eigenvalue weighted by Crippen LogP contribution is -2.47. The Hall–Kier alpha value is -0.0800. The van der Waals surface area contributed by atoms with Crippen molar-refractivity contribution in [2.24, 2.45) is 17.6 Å². The van der Waals surface area contributed by atoms with E-state index in [-0.39, 0.29) is 0 Å². The van der Waals surface area contributed by atoms with Crippen LogP contribution in [0.1, 0.15) is 58.3 Å². The molecule has 2 fully saturated rings. The van der Waals surface area contributed by atoms with Gasteiger partial charge in [-0.1, -0.05) is 32.1 Å². The van der Waals surface area contributed by atoms with Gasteiger partial charge in [0.1, 0.15) is 0 Å². The van der Waals surface area contributed by atoms with E-state index in [1.807, 2.05) is 0 Å². The van der Waals surface area contributed by atoms with Crippen LogP contribution in [0.15, 0.2) is 0 Å². The quantitative estimate of drug-likeness (QED) is 0.798. The molecule has 0 spiro atoms. The molecule has 0 aromatic heterocycles. The van der Waals surface area contributed by atoms with Crippen LogP contribution in [0, 0.1) is 11.8 Å². The fourth-order valence-corrected chi connectivity index (χ4v) is 3.70. The lowest BCUT2D eigenvalue weighted by Gasteiger charge is -2.42. The molecule has 2 rings (SSSR count). The molecule has 2 aliphatic carbocycles. The third kappa shape index (κ3) is 3.23. The van der Waals surface area contributed by atoms with E-state index in [0.29, 0.717) is 0 Å². The van der Waals surface area contributed by atoms with E-state index in [2.05, 4.69) is 18.9 Å². The molecule has 0 bridgehead atoms. The van der Waals surface area contributed by atoms with Crippen LogP contribution in [0.2, 0.25) is 0 Å². The summed E-state index contributed by atoms with van der Waals surface area (Å²) in [4.78, 5) is 2.65. The van der Waals surface area contributed by atoms with E-state index in [4.69, 9.17) is 5.73 Å². The molecular formula is C15H30N2. The van der Waals surface area contributed by atoms with Crippen LogP contribution in [0.5, 0.6) is 0 Å². The smallest absolute Gasteiger partial charge is 0.0135 e. The molecule has 0 amide bonds. The molecule has 2 nitrogen and oxygen atoms in total. The van der Waals surface area contributed by atoms with Crippen molar-refractivity contribution < 1.29 is 0 Å². The summed E-state index contributed by atoms with van der Waals surface area (Å²) in [7, 11) is 2.34. The van der Waals surface area contributed by atoms with Crippen molar-refractivity contribution in [3.63, 3.8) is 0 Å². The molecule has 3 unspecified atom stereocenters. The highest BCUT2D eigenvalue weighted by atomic mass is 15.2. The third-order valence-corrected chi connectivity index (χ3v) is 5.29. The zero-order chi connectivity index (χ0) is 12.3. The zero-order valence-electron chi connectivity index (χ0n) is 11.7. The number of nitrogens with two attached hydrogens (primary N) is 1. The third-order valence-electron chi connectivity index (χ3n) is 5.29. The summed E-state index contributed by atoms with van der Waals surface area (Å²) in [5, 5.41) is 0. The molecular weight excluding hydrogens is 208 g/mol. The first-order valence-electron chi connectivity index (χ1n) is 7.64. The van der Waals surface area contributed by atoms with Gasteiger partial charge in [-0.15, -0.1) is 0 Å². The molecule has 17 heavy (non-hydrogen) atoms. The molecule has 3 atom stereocenters. The van der Waals surface area contributed by atoms with Crippen LogP contribution in [-0.2, 0) is 0 Å². The minimum Gasteiger partial charge on any atom is -0.330 e. The van der Waals surface area contributed by atoms with Crippen LogP contribution in [0.4, 0.5) is 0 Å². The first-order chi connectivity index (χ1) is 8.22. The number of rotatable bonds is 5. The van der Waals surface area contributed by atoms with Gasteiger partial charge in [-0.3, -0.25) is 0 Å². The van der Waals surface area contributed by atoms with Crippen LogP contribution in [0.3, 0.4) is 0 Å². The minimum absolute atomic E-state index is 0.748. The summed E-state index contributed by atoms with van der Waals surface area (Å²) >= 11 is 0. The van der Waals surface area contributed by atoms with E-state index in [9.17, 15) is 0 Å². The Bertz CT molecular complexity index is 225. The maximum Gasteiger partial charge on any atom is 0.0135 e. The van der Waals surface area contributed by atoms with Gasteiger partial charge in [-0.2, -0.15) is 0 Å². The van der Waals surface area contributed by atoms with Crippen molar-refractivity contribution in [2.75, 3.05) is 13.6 Å². The van der Waals surface area contributed by atoms with Gasteiger partial charge in [0.05, 0.1) is 0 Å². The highest BCUT2D eigenvalue weighted by Crippen LogP contribution is 2.34. The Morgan fingerprint density at radius 1 is 1.12 bits per heavy atom. The molecule has 0 aromatic rings. The molecule has 2 heteroatoms. The predicted molar refractivity (Wildman–Crippen MR) is 74.0 cm³/mol. The summed E-state index contributed by atoms with van der Waals surface area (Å²) in [5.74, 6) is 1.77. The van der Waals surface area contributed by atoms with Crippen LogP contribution in [-0.4, -0.2) is 30.6 Å². The summed E-state index contributed by atoms with van der Waals surface area (Å²) < 4.78 is 0. The topological polar surface area (TPSA) is 29.3 Å². The molecule has 0 aliphatic heterocycles. The first kappa shape index (κ1) is 13.4. The molecule has 100 valence electrons. The highest BCUT2D eigenvalue weighted by Gasteiger charge is 2.31. The summed E-state index contributed by atoms with van der Waals surface area (Å²) in [5.41, 5.74) is 5.94. The van der Waals surface area contributed by atoms with Gasteiger partial charge in [-0.05, 0) is 51.6 Å². The standard InChI is InChI=1S/C15H30N2/c1-12(10-13-6-5-7-13)17(2)15-9-4-3-8-14(15)11-16/h12-15H,3-11,16H2,1-2H3. The Labute approximate surface area is 107 Å². The van der Waals surface area contributed by atoms with E-state index < -0.39 is 0 Å². The highest BCUT2D eigenvalue weighted by molar-refractivity contribution is 4.86. The number of nitrogens with zero attached hydrogens (tertiary/aromatic N) is 1. The van der Waals surface area contributed by atoms with Crippen LogP contribution in [0.25, 0.3) is 0 Å². The number of hydrogen-bond donors (Lipinski definition) is 1. The Morgan fingerprint density at radius 3 is 2.41 bits per heavy atom. The maximum absolute atomic E-state index is 5.94. The van der Waals surface area contributed by atoms with E-state index in [1.165, 1.54) is 51.4 Å². The Morgan fingerprint density at radius 2 is 1.82 bits per heavy atom. The minimum atomic E-state index is 0.748. The lowest BCUT2D eigenvalue weighted by molar-refractivity contribution is 0.0788. The van der Waals surface area contributed by atoms with Gasteiger partial charge >= 0.3 is 0 Å². The van der Waals surface area contributed by atoms with E-state index in [0.717, 1.165) is 30.5 Å². The van der Waals surface area contributed by atoms with Crippen molar-refractivity contribution in [3.8, 4) is 0 Å². The number of hydrogen-bond acceptors (Lipinski definition) is 2. The van der Waals surface area contributed by atoms with Crippen LogP contribution >= 0.6 is 0 Å². The second kappa shape index (κ2) is 6.19. The average molecular weight is 238 g/mol. The normalized spacial score (nSPS) is 32.5. The van der Waals surface area contributed by atoms with Crippen molar-refractivity contribution in [1.82, 2.24) is 4.90 Å². The lowest BCUT2D eigenvalue weighted by atomic mass is 9.79. The molecule has 0 saturated heterocycles. The molecule has 2 saturated carbocycles. The van der Waals surface area contributed by atoms with Gasteiger partial charge in [0.15, 0.2) is 0 Å². The summed E-state index contributed by atoms with van der Waals surface area (Å²) in [6, 6.07) is 1.50. The zero-order valence-corrected chi connectivity index (χ0v) is 11.7. The van der Waals surface area contributed by atoms with Gasteiger partial charge < -0.3 is 10.6 Å². The van der Waals surface area contributed by atoms with Crippen molar-refractivity contribution >= 4 is 0 Å². The fourth-order valence-electron chi connectivity index (χ4n) is 3.70. The SMILES string of the molecule is CC(CC1CCC1)N(C)C1CCCCC1CN. The molecule has 0 aromatic carbocycles. The maximum atomic E-state index is 5.94. The summed E-state index contributed by atoms with van der Waals surface area (Å²) in [6.07, 6.45) is 11.3. The molecule has 0 radical (unpaired) electrons. The van der Waals surface area contributed by atoms with Gasteiger partial charge in [0, 0.05) is 12.1 Å². The van der Waals surface area contributed by atoms with Crippen molar-refractivity contribution in [2.45, 2.75) is 70.4 Å². The van der Waals surface area contributed by atoms with Crippen LogP contribution < -0.4 is 5.73 Å². The second-order valence-corrected chi connectivity index (χ2v) is 6.39. The molecule has 2 N–H and O–H groups in total. The summed E-state index contributed by atoms with van der Waals surface area (Å²) in [6.45, 7) is 3.30. The van der Waals surface area contributed by atoms with Crippen molar-refractivity contribution in [3.05, 3.63) is 0 Å². The largest absolute Gasteiger partial charge is 0.330 e. The predicted octanol–water partition coefficient (Wildman–Crippen LogP) is 3.01. The van der Waals surface area contributed by atoms with Crippen molar-refractivity contribution in [1.29, 1.82) is 0 Å².